The van der Waals surface area contributed by atoms with Crippen LogP contribution in [0.2, 0.25) is 0 Å². The second-order valence-corrected chi connectivity index (χ2v) is 8.46. The number of morpholine rings is 1. The number of hydrogen-bond donors (Lipinski definition) is 1. The van der Waals surface area contributed by atoms with Gasteiger partial charge in [-0.15, -0.1) is 0 Å². The first kappa shape index (κ1) is 23.9. The van der Waals surface area contributed by atoms with Crippen molar-refractivity contribution in [1.82, 2.24) is 14.8 Å². The van der Waals surface area contributed by atoms with Gasteiger partial charge in [-0.05, 0) is 42.7 Å². The summed E-state index contributed by atoms with van der Waals surface area (Å²) in [6, 6.07) is 9.85. The van der Waals surface area contributed by atoms with Gasteiger partial charge in [0, 0.05) is 44.1 Å². The van der Waals surface area contributed by atoms with E-state index in [0.29, 0.717) is 37.7 Å². The number of Topliss-reactive ketones (excluding diaryl/α,β-unsaturated/α-hetero) is 1. The molecule has 3 heterocycles. The van der Waals surface area contributed by atoms with Gasteiger partial charge in [0.2, 0.25) is 0 Å². The number of likely N-dealkylation sites (tertiary alicyclic amines) is 1. The normalized spacial score (nSPS) is 20.6. The van der Waals surface area contributed by atoms with E-state index in [4.69, 9.17) is 9.47 Å². The Morgan fingerprint density at radius 3 is 2.65 bits per heavy atom. The van der Waals surface area contributed by atoms with Crippen LogP contribution in [0.25, 0.3) is 5.76 Å². The van der Waals surface area contributed by atoms with Gasteiger partial charge in [0.15, 0.2) is 0 Å². The maximum absolute atomic E-state index is 13.2. The average molecular weight is 466 g/mol. The first-order valence-corrected chi connectivity index (χ1v) is 11.8. The molecule has 0 aliphatic carbocycles. The highest BCUT2D eigenvalue weighted by atomic mass is 16.5. The van der Waals surface area contributed by atoms with Gasteiger partial charge in [-0.25, -0.2) is 0 Å². The first-order valence-electron chi connectivity index (χ1n) is 11.8. The molecule has 0 spiro atoms. The Morgan fingerprint density at radius 2 is 1.91 bits per heavy atom. The molecule has 180 valence electrons. The molecule has 4 rings (SSSR count). The zero-order chi connectivity index (χ0) is 23.9. The number of aliphatic hydroxyl groups is 1. The molecule has 1 atom stereocenters. The minimum Gasteiger partial charge on any atom is -0.507 e. The molecule has 2 aliphatic heterocycles. The third-order valence-corrected chi connectivity index (χ3v) is 6.12. The van der Waals surface area contributed by atoms with Crippen molar-refractivity contribution in [3.63, 3.8) is 0 Å². The lowest BCUT2D eigenvalue weighted by Crippen LogP contribution is -2.38. The van der Waals surface area contributed by atoms with Gasteiger partial charge in [-0.1, -0.05) is 19.1 Å². The average Bonchev–Trinajstić information content (AvgIpc) is 3.13. The predicted octanol–water partition coefficient (Wildman–Crippen LogP) is 3.01. The highest BCUT2D eigenvalue weighted by Gasteiger charge is 2.45. The molecule has 1 aromatic heterocycles. The number of carbonyl (C=O) groups excluding carboxylic acids is 2. The maximum Gasteiger partial charge on any atom is 0.295 e. The first-order chi connectivity index (χ1) is 16.6. The topological polar surface area (TPSA) is 92.2 Å². The lowest BCUT2D eigenvalue weighted by molar-refractivity contribution is -0.140. The standard InChI is InChI=1S/C26H31N3O5/c1-2-15-34-21-6-3-5-20(18-21)24(30)22-23(19-7-9-27-10-8-19)29(26(32)25(22)31)12-4-11-28-13-16-33-17-14-28/h3,5-10,18,23,30H,2,4,11-17H2,1H3/b24-22+. The number of ketones is 1. The molecule has 1 aromatic carbocycles. The van der Waals surface area contributed by atoms with E-state index in [0.717, 1.165) is 38.0 Å². The summed E-state index contributed by atoms with van der Waals surface area (Å²) in [7, 11) is 0. The van der Waals surface area contributed by atoms with Gasteiger partial charge >= 0.3 is 0 Å². The molecule has 2 aromatic rings. The number of pyridine rings is 1. The maximum atomic E-state index is 13.2. The number of amides is 1. The summed E-state index contributed by atoms with van der Waals surface area (Å²) in [6.45, 7) is 6.93. The number of ether oxygens (including phenoxy) is 2. The Balaban J connectivity index is 1.64. The van der Waals surface area contributed by atoms with Crippen LogP contribution in [0.1, 0.15) is 36.9 Å². The van der Waals surface area contributed by atoms with Crippen molar-refractivity contribution in [1.29, 1.82) is 0 Å². The number of hydrogen-bond acceptors (Lipinski definition) is 7. The molecule has 0 saturated carbocycles. The Labute approximate surface area is 199 Å². The number of rotatable bonds is 9. The molecule has 2 saturated heterocycles. The zero-order valence-corrected chi connectivity index (χ0v) is 19.5. The number of nitrogens with zero attached hydrogens (tertiary/aromatic N) is 3. The van der Waals surface area contributed by atoms with Gasteiger partial charge in [0.1, 0.15) is 11.5 Å². The lowest BCUT2D eigenvalue weighted by atomic mass is 9.96. The van der Waals surface area contributed by atoms with Crippen LogP contribution in [0.4, 0.5) is 0 Å². The van der Waals surface area contributed by atoms with Crippen LogP contribution in [0, 0.1) is 0 Å². The van der Waals surface area contributed by atoms with Crippen LogP contribution >= 0.6 is 0 Å². The zero-order valence-electron chi connectivity index (χ0n) is 19.5. The van der Waals surface area contributed by atoms with Gasteiger partial charge in [-0.3, -0.25) is 19.5 Å². The van der Waals surface area contributed by atoms with Crippen molar-refractivity contribution in [2.75, 3.05) is 46.0 Å². The van der Waals surface area contributed by atoms with Crippen LogP contribution in [-0.2, 0) is 14.3 Å². The van der Waals surface area contributed by atoms with Crippen molar-refractivity contribution >= 4 is 17.4 Å². The van der Waals surface area contributed by atoms with E-state index >= 15 is 0 Å². The van der Waals surface area contributed by atoms with Gasteiger partial charge in [-0.2, -0.15) is 0 Å². The summed E-state index contributed by atoms with van der Waals surface area (Å²) >= 11 is 0. The largest absolute Gasteiger partial charge is 0.507 e. The Kier molecular flexibility index (Phi) is 7.92. The number of aromatic nitrogens is 1. The SMILES string of the molecule is CCCOc1cccc(/C(O)=C2\C(=O)C(=O)N(CCCN3CCOCC3)C2c2ccncc2)c1. The Morgan fingerprint density at radius 1 is 1.15 bits per heavy atom. The van der Waals surface area contributed by atoms with E-state index in [1.54, 1.807) is 53.7 Å². The quantitative estimate of drug-likeness (QED) is 0.346. The van der Waals surface area contributed by atoms with Crippen LogP contribution in [0.15, 0.2) is 54.4 Å². The lowest BCUT2D eigenvalue weighted by Gasteiger charge is -2.29. The monoisotopic (exact) mass is 465 g/mol. The van der Waals surface area contributed by atoms with E-state index in [2.05, 4.69) is 9.88 Å². The van der Waals surface area contributed by atoms with E-state index in [-0.39, 0.29) is 11.3 Å². The van der Waals surface area contributed by atoms with Crippen molar-refractivity contribution in [3.8, 4) is 5.75 Å². The predicted molar refractivity (Wildman–Crippen MR) is 127 cm³/mol. The molecule has 1 amide bonds. The van der Waals surface area contributed by atoms with Gasteiger partial charge < -0.3 is 19.5 Å². The summed E-state index contributed by atoms with van der Waals surface area (Å²) in [4.78, 5) is 34.2. The van der Waals surface area contributed by atoms with Crippen LogP contribution in [0.5, 0.6) is 5.75 Å². The van der Waals surface area contributed by atoms with Crippen molar-refractivity contribution in [2.45, 2.75) is 25.8 Å². The van der Waals surface area contributed by atoms with Crippen LogP contribution < -0.4 is 4.74 Å². The van der Waals surface area contributed by atoms with Gasteiger partial charge in [0.25, 0.3) is 11.7 Å². The summed E-state index contributed by atoms with van der Waals surface area (Å²) < 4.78 is 11.1. The second-order valence-electron chi connectivity index (χ2n) is 8.46. The molecule has 0 radical (unpaired) electrons. The summed E-state index contributed by atoms with van der Waals surface area (Å²) in [5, 5.41) is 11.2. The molecule has 8 nitrogen and oxygen atoms in total. The fraction of sp³-hybridized carbons (Fsp3) is 0.423. The van der Waals surface area contributed by atoms with Crippen molar-refractivity contribution in [3.05, 3.63) is 65.5 Å². The highest BCUT2D eigenvalue weighted by molar-refractivity contribution is 6.46. The summed E-state index contributed by atoms with van der Waals surface area (Å²) in [5.74, 6) is -0.863. The van der Waals surface area contributed by atoms with Crippen molar-refractivity contribution < 1.29 is 24.2 Å². The molecule has 2 aliphatic rings. The number of carbonyl (C=O) groups is 2. The second kappa shape index (κ2) is 11.3. The van der Waals surface area contributed by atoms with Crippen LogP contribution in [0.3, 0.4) is 0 Å². The molecule has 1 unspecified atom stereocenters. The Bertz CT molecular complexity index is 1030. The fourth-order valence-corrected chi connectivity index (χ4v) is 4.40. The third-order valence-electron chi connectivity index (χ3n) is 6.12. The summed E-state index contributed by atoms with van der Waals surface area (Å²) in [5.41, 5.74) is 1.27. The minimum atomic E-state index is -0.675. The van der Waals surface area contributed by atoms with Crippen LogP contribution in [-0.4, -0.2) is 77.6 Å². The van der Waals surface area contributed by atoms with E-state index in [1.165, 1.54) is 0 Å². The molecule has 8 heteroatoms. The third kappa shape index (κ3) is 5.29. The molecular weight excluding hydrogens is 434 g/mol. The molecular formula is C26H31N3O5. The van der Waals surface area contributed by atoms with E-state index < -0.39 is 17.7 Å². The Hall–Kier alpha value is -3.23. The minimum absolute atomic E-state index is 0.0928. The number of aliphatic hydroxyl groups excluding tert-OH is 1. The van der Waals surface area contributed by atoms with E-state index in [1.807, 2.05) is 6.92 Å². The molecule has 0 bridgehead atoms. The fourth-order valence-electron chi connectivity index (χ4n) is 4.40. The highest BCUT2D eigenvalue weighted by Crippen LogP contribution is 2.39. The smallest absolute Gasteiger partial charge is 0.295 e. The summed E-state index contributed by atoms with van der Waals surface area (Å²) in [6.07, 6.45) is 4.83. The van der Waals surface area contributed by atoms with E-state index in [9.17, 15) is 14.7 Å². The molecule has 1 N–H and O–H groups in total. The molecule has 2 fully saturated rings. The molecule has 34 heavy (non-hydrogen) atoms. The van der Waals surface area contributed by atoms with Crippen molar-refractivity contribution in [2.24, 2.45) is 0 Å². The van der Waals surface area contributed by atoms with Gasteiger partial charge in [0.05, 0.1) is 31.4 Å². The number of benzene rings is 1.